The van der Waals surface area contributed by atoms with Crippen LogP contribution in [0.25, 0.3) is 0 Å². The average molecular weight is 149 g/mol. The summed E-state index contributed by atoms with van der Waals surface area (Å²) in [6.07, 6.45) is 1.04. The zero-order chi connectivity index (χ0) is 7.78. The van der Waals surface area contributed by atoms with Gasteiger partial charge < -0.3 is 0 Å². The lowest BCUT2D eigenvalue weighted by atomic mass is 10.3. The van der Waals surface area contributed by atoms with Gasteiger partial charge in [-0.25, -0.2) is 0 Å². The molecule has 0 atom stereocenters. The molecule has 0 aliphatic heterocycles. The second kappa shape index (κ2) is 2.18. The van der Waals surface area contributed by atoms with Crippen LogP contribution in [0, 0.1) is 5.92 Å². The maximum atomic E-state index is 12.5. The fourth-order valence-corrected chi connectivity index (χ4v) is 0.783. The molecule has 0 aromatic rings. The Hall–Kier alpha value is -0.670. The second-order valence-electron chi connectivity index (χ2n) is 2.58. The number of rotatable bonds is 2. The van der Waals surface area contributed by atoms with Crippen molar-refractivity contribution >= 4 is 5.91 Å². The Bertz CT molecular complexity index is 154. The normalized spacial score (nSPS) is 18.7. The highest BCUT2D eigenvalue weighted by atomic mass is 19.3. The molecule has 0 radical (unpaired) electrons. The molecule has 4 heteroatoms. The standard InChI is InChI=1S/C6H9F2NO/c1-4(10)9-6(7,8)5-2-3-5/h5H,2-3H2,1H3,(H,9,10). The number of amides is 1. The molecule has 1 fully saturated rings. The van der Waals surface area contributed by atoms with Crippen molar-refractivity contribution in [3.63, 3.8) is 0 Å². The molecule has 58 valence electrons. The smallest absolute Gasteiger partial charge is 0.297 e. The van der Waals surface area contributed by atoms with Gasteiger partial charge in [0.05, 0.1) is 0 Å². The van der Waals surface area contributed by atoms with Crippen LogP contribution in [0.2, 0.25) is 0 Å². The van der Waals surface area contributed by atoms with Crippen molar-refractivity contribution in [1.29, 1.82) is 0 Å². The molecule has 0 spiro atoms. The summed E-state index contributed by atoms with van der Waals surface area (Å²) >= 11 is 0. The molecular weight excluding hydrogens is 140 g/mol. The average Bonchev–Trinajstić information content (AvgIpc) is 2.35. The molecule has 1 N–H and O–H groups in total. The number of alkyl halides is 2. The van der Waals surface area contributed by atoms with Crippen LogP contribution >= 0.6 is 0 Å². The fourth-order valence-electron chi connectivity index (χ4n) is 0.783. The van der Waals surface area contributed by atoms with Crippen LogP contribution in [-0.2, 0) is 4.79 Å². The number of carbonyl (C=O) groups excluding carboxylic acids is 1. The van der Waals surface area contributed by atoms with Crippen molar-refractivity contribution in [1.82, 2.24) is 5.32 Å². The summed E-state index contributed by atoms with van der Waals surface area (Å²) in [7, 11) is 0. The molecular formula is C6H9F2NO. The van der Waals surface area contributed by atoms with Crippen molar-refractivity contribution < 1.29 is 13.6 Å². The Morgan fingerprint density at radius 1 is 1.60 bits per heavy atom. The van der Waals surface area contributed by atoms with Crippen LogP contribution in [0.3, 0.4) is 0 Å². The Morgan fingerprint density at radius 3 is 2.40 bits per heavy atom. The lowest BCUT2D eigenvalue weighted by Gasteiger charge is -2.14. The Labute approximate surface area is 57.6 Å². The van der Waals surface area contributed by atoms with Crippen molar-refractivity contribution in [3.05, 3.63) is 0 Å². The predicted molar refractivity (Wildman–Crippen MR) is 31.5 cm³/mol. The lowest BCUT2D eigenvalue weighted by Crippen LogP contribution is -2.41. The number of halogens is 2. The van der Waals surface area contributed by atoms with E-state index in [1.54, 1.807) is 5.32 Å². The first kappa shape index (κ1) is 7.44. The van der Waals surface area contributed by atoms with Gasteiger partial charge in [-0.3, -0.25) is 10.1 Å². The number of hydrogen-bond acceptors (Lipinski definition) is 1. The van der Waals surface area contributed by atoms with Gasteiger partial charge in [0.15, 0.2) is 0 Å². The van der Waals surface area contributed by atoms with Crippen LogP contribution in [0.1, 0.15) is 19.8 Å². The summed E-state index contributed by atoms with van der Waals surface area (Å²) in [5, 5.41) is 1.61. The molecule has 1 rings (SSSR count). The number of carbonyl (C=O) groups is 1. The van der Waals surface area contributed by atoms with Gasteiger partial charge in [-0.15, -0.1) is 0 Å². The van der Waals surface area contributed by atoms with E-state index in [9.17, 15) is 13.6 Å². The molecule has 0 heterocycles. The quantitative estimate of drug-likeness (QED) is 0.586. The maximum Gasteiger partial charge on any atom is 0.328 e. The second-order valence-corrected chi connectivity index (χ2v) is 2.58. The van der Waals surface area contributed by atoms with Gasteiger partial charge in [0.25, 0.3) is 0 Å². The van der Waals surface area contributed by atoms with Gasteiger partial charge in [0, 0.05) is 12.8 Å². The predicted octanol–water partition coefficient (Wildman–Crippen LogP) is 1.13. The lowest BCUT2D eigenvalue weighted by molar-refractivity contribution is -0.132. The summed E-state index contributed by atoms with van der Waals surface area (Å²) in [5.74, 6) is -1.28. The highest BCUT2D eigenvalue weighted by Crippen LogP contribution is 2.41. The van der Waals surface area contributed by atoms with Gasteiger partial charge >= 0.3 is 6.05 Å². The van der Waals surface area contributed by atoms with Crippen molar-refractivity contribution in [3.8, 4) is 0 Å². The minimum absolute atomic E-state index is 0.521. The van der Waals surface area contributed by atoms with Gasteiger partial charge in [-0.05, 0) is 12.8 Å². The van der Waals surface area contributed by atoms with E-state index in [0.717, 1.165) is 6.92 Å². The van der Waals surface area contributed by atoms with Crippen LogP contribution in [0.4, 0.5) is 8.78 Å². The van der Waals surface area contributed by atoms with Crippen LogP contribution in [0.15, 0.2) is 0 Å². The van der Waals surface area contributed by atoms with Gasteiger partial charge in [0.1, 0.15) is 0 Å². The topological polar surface area (TPSA) is 29.1 Å². The molecule has 0 aromatic carbocycles. The van der Waals surface area contributed by atoms with E-state index in [0.29, 0.717) is 12.8 Å². The van der Waals surface area contributed by atoms with E-state index in [-0.39, 0.29) is 0 Å². The molecule has 10 heavy (non-hydrogen) atoms. The molecule has 1 saturated carbocycles. The largest absolute Gasteiger partial charge is 0.328 e. The summed E-state index contributed by atoms with van der Waals surface area (Å²) < 4.78 is 25.1. The third-order valence-corrected chi connectivity index (χ3v) is 1.43. The first-order valence-electron chi connectivity index (χ1n) is 3.19. The van der Waals surface area contributed by atoms with Crippen LogP contribution in [0.5, 0.6) is 0 Å². The van der Waals surface area contributed by atoms with Crippen molar-refractivity contribution in [2.24, 2.45) is 5.92 Å². The zero-order valence-electron chi connectivity index (χ0n) is 5.66. The molecule has 0 unspecified atom stereocenters. The summed E-state index contributed by atoms with van der Waals surface area (Å²) in [4.78, 5) is 10.2. The van der Waals surface area contributed by atoms with Crippen LogP contribution < -0.4 is 5.32 Å². The van der Waals surface area contributed by atoms with Gasteiger partial charge in [-0.1, -0.05) is 0 Å². The Balaban J connectivity index is 2.41. The number of nitrogens with one attached hydrogen (secondary N) is 1. The fraction of sp³-hybridized carbons (Fsp3) is 0.833. The minimum Gasteiger partial charge on any atom is -0.297 e. The van der Waals surface area contributed by atoms with Crippen LogP contribution in [-0.4, -0.2) is 12.0 Å². The number of hydrogen-bond donors (Lipinski definition) is 1. The summed E-state index contributed by atoms with van der Waals surface area (Å²) in [6.45, 7) is 1.09. The van der Waals surface area contributed by atoms with E-state index in [1.807, 2.05) is 0 Å². The summed E-state index contributed by atoms with van der Waals surface area (Å²) in [6, 6.07) is -2.97. The molecule has 0 aromatic heterocycles. The van der Waals surface area contributed by atoms with E-state index < -0.39 is 17.9 Å². The molecule has 1 aliphatic carbocycles. The van der Waals surface area contributed by atoms with E-state index in [4.69, 9.17) is 0 Å². The van der Waals surface area contributed by atoms with E-state index in [2.05, 4.69) is 0 Å². The van der Waals surface area contributed by atoms with E-state index in [1.165, 1.54) is 0 Å². The monoisotopic (exact) mass is 149 g/mol. The SMILES string of the molecule is CC(=O)NC(F)(F)C1CC1. The third-order valence-electron chi connectivity index (χ3n) is 1.43. The molecule has 2 nitrogen and oxygen atoms in total. The molecule has 0 bridgehead atoms. The first-order valence-corrected chi connectivity index (χ1v) is 3.19. The maximum absolute atomic E-state index is 12.5. The highest BCUT2D eigenvalue weighted by molar-refractivity contribution is 5.73. The zero-order valence-corrected chi connectivity index (χ0v) is 5.66. The highest BCUT2D eigenvalue weighted by Gasteiger charge is 2.47. The molecule has 1 amide bonds. The van der Waals surface area contributed by atoms with Crippen molar-refractivity contribution in [2.75, 3.05) is 0 Å². The Kier molecular flexibility index (Phi) is 1.62. The third kappa shape index (κ3) is 1.65. The Morgan fingerprint density at radius 2 is 2.10 bits per heavy atom. The molecule has 0 saturated heterocycles. The van der Waals surface area contributed by atoms with Crippen molar-refractivity contribution in [2.45, 2.75) is 25.8 Å². The summed E-state index contributed by atoms with van der Waals surface area (Å²) in [5.41, 5.74) is 0. The van der Waals surface area contributed by atoms with E-state index >= 15 is 0 Å². The van der Waals surface area contributed by atoms with Gasteiger partial charge in [-0.2, -0.15) is 8.78 Å². The minimum atomic E-state index is -2.97. The first-order chi connectivity index (χ1) is 4.52. The molecule has 1 aliphatic rings. The van der Waals surface area contributed by atoms with Gasteiger partial charge in [0.2, 0.25) is 5.91 Å².